The molecule has 0 unspecified atom stereocenters. The maximum absolute atomic E-state index is 5.39. The summed E-state index contributed by atoms with van der Waals surface area (Å²) in [6, 6.07) is 78.6. The molecule has 0 saturated heterocycles. The first-order valence-corrected chi connectivity index (χ1v) is 20.1. The van der Waals surface area contributed by atoms with Gasteiger partial charge in [0.25, 0.3) is 0 Å². The monoisotopic (exact) mass is 752 g/mol. The number of fused-ring (bicyclic) bond motifs is 7. The van der Waals surface area contributed by atoms with Crippen molar-refractivity contribution in [3.63, 3.8) is 0 Å². The van der Waals surface area contributed by atoms with Crippen LogP contribution in [-0.2, 0) is 0 Å². The Morgan fingerprint density at radius 1 is 0.288 bits per heavy atom. The number of aromatic nitrogens is 4. The molecule has 3 heterocycles. The fourth-order valence-corrected chi connectivity index (χ4v) is 9.26. The summed E-state index contributed by atoms with van der Waals surface area (Å²) in [7, 11) is 0. The number of hydrogen-bond donors (Lipinski definition) is 0. The number of para-hydroxylation sites is 6. The normalized spacial score (nSPS) is 11.7. The average molecular weight is 753 g/mol. The van der Waals surface area contributed by atoms with Gasteiger partial charge in [0.15, 0.2) is 0 Å². The van der Waals surface area contributed by atoms with Gasteiger partial charge >= 0.3 is 0 Å². The summed E-state index contributed by atoms with van der Waals surface area (Å²) in [5.41, 5.74) is 15.6. The molecule has 0 aliphatic rings. The summed E-state index contributed by atoms with van der Waals surface area (Å²) >= 11 is 0. The van der Waals surface area contributed by atoms with Gasteiger partial charge in [-0.15, -0.1) is 0 Å². The van der Waals surface area contributed by atoms with Gasteiger partial charge in [-0.1, -0.05) is 152 Å². The van der Waals surface area contributed by atoms with Crippen molar-refractivity contribution in [2.24, 2.45) is 0 Å². The second-order valence-electron chi connectivity index (χ2n) is 15.2. The predicted octanol–water partition coefficient (Wildman–Crippen LogP) is 14.2. The molecule has 12 rings (SSSR count). The quantitative estimate of drug-likeness (QED) is 0.166. The third-order valence-corrected chi connectivity index (χ3v) is 11.8. The maximum Gasteiger partial charge on any atom is 0.145 e. The number of hydrogen-bond acceptors (Lipinski definition) is 1. The molecule has 0 bridgehead atoms. The minimum atomic E-state index is 0.901. The molecule has 9 aromatic carbocycles. The van der Waals surface area contributed by atoms with Crippen molar-refractivity contribution < 1.29 is 0 Å². The highest BCUT2D eigenvalue weighted by molar-refractivity contribution is 6.11. The van der Waals surface area contributed by atoms with E-state index in [9.17, 15) is 0 Å². The molecule has 0 aliphatic carbocycles. The molecule has 3 aromatic heterocycles. The highest BCUT2D eigenvalue weighted by atomic mass is 15.1. The molecule has 0 saturated carbocycles. The Kier molecular flexibility index (Phi) is 7.50. The lowest BCUT2D eigenvalue weighted by Gasteiger charge is -2.16. The van der Waals surface area contributed by atoms with E-state index in [1.54, 1.807) is 0 Å². The summed E-state index contributed by atoms with van der Waals surface area (Å²) in [4.78, 5) is 5.39. The van der Waals surface area contributed by atoms with E-state index in [0.717, 1.165) is 61.7 Å². The summed E-state index contributed by atoms with van der Waals surface area (Å²) in [5, 5.41) is 4.96. The van der Waals surface area contributed by atoms with Crippen molar-refractivity contribution in [2.45, 2.75) is 0 Å². The van der Waals surface area contributed by atoms with Gasteiger partial charge in [0.2, 0.25) is 0 Å². The van der Waals surface area contributed by atoms with Gasteiger partial charge in [0.05, 0.1) is 33.1 Å². The minimum absolute atomic E-state index is 0.901. The zero-order chi connectivity index (χ0) is 38.9. The first kappa shape index (κ1) is 33.2. The average Bonchev–Trinajstić information content (AvgIpc) is 3.98. The molecule has 59 heavy (non-hydrogen) atoms. The van der Waals surface area contributed by atoms with Gasteiger partial charge in [-0.05, 0) is 83.4 Å². The molecule has 0 fully saturated rings. The van der Waals surface area contributed by atoms with Crippen LogP contribution in [0.5, 0.6) is 0 Å². The second kappa shape index (κ2) is 13.3. The van der Waals surface area contributed by atoms with Crippen LogP contribution in [0.2, 0.25) is 0 Å². The van der Waals surface area contributed by atoms with Crippen molar-refractivity contribution in [3.8, 4) is 50.7 Å². The minimum Gasteiger partial charge on any atom is -0.309 e. The fraction of sp³-hybridized carbons (Fsp3) is 0. The SMILES string of the molecule is c1ccc(-c2cccc3nc(-c4cccc(-c5cc(-n6c7ccccc7c7ccccc76)cc(-n6c7ccccc7c7ccccc76)c5)c4)n(-c4ccccc4)c23)cc1. The van der Waals surface area contributed by atoms with Crippen LogP contribution in [0.3, 0.4) is 0 Å². The fourth-order valence-electron chi connectivity index (χ4n) is 9.26. The lowest BCUT2D eigenvalue weighted by Crippen LogP contribution is -2.00. The molecule has 0 N–H and O–H groups in total. The second-order valence-corrected chi connectivity index (χ2v) is 15.2. The van der Waals surface area contributed by atoms with Crippen molar-refractivity contribution in [1.82, 2.24) is 18.7 Å². The smallest absolute Gasteiger partial charge is 0.145 e. The van der Waals surface area contributed by atoms with E-state index in [0.29, 0.717) is 0 Å². The van der Waals surface area contributed by atoms with Crippen molar-refractivity contribution in [3.05, 3.63) is 218 Å². The largest absolute Gasteiger partial charge is 0.309 e. The van der Waals surface area contributed by atoms with Crippen LogP contribution in [0, 0.1) is 0 Å². The van der Waals surface area contributed by atoms with E-state index >= 15 is 0 Å². The van der Waals surface area contributed by atoms with Crippen LogP contribution in [0.4, 0.5) is 0 Å². The molecule has 0 amide bonds. The molecule has 0 spiro atoms. The Hall–Kier alpha value is -7.95. The van der Waals surface area contributed by atoms with Crippen LogP contribution < -0.4 is 0 Å². The third kappa shape index (κ3) is 5.27. The van der Waals surface area contributed by atoms with Crippen LogP contribution in [0.25, 0.3) is 105 Å². The molecule has 4 heteroatoms. The van der Waals surface area contributed by atoms with Crippen LogP contribution >= 0.6 is 0 Å². The molecule has 12 aromatic rings. The Balaban J connectivity index is 1.12. The van der Waals surface area contributed by atoms with Crippen LogP contribution in [0.1, 0.15) is 0 Å². The highest BCUT2D eigenvalue weighted by Crippen LogP contribution is 2.40. The summed E-state index contributed by atoms with van der Waals surface area (Å²) < 4.78 is 7.18. The Morgan fingerprint density at radius 3 is 1.31 bits per heavy atom. The standard InChI is InChI=1S/C55H36N4/c1-3-17-37(18-4-1)44-27-16-28-49-54(44)59(41-21-5-2-6-22-41)55(56-49)39-20-15-19-38(33-39)40-34-42(57-50-29-11-7-23-45(50)46-24-8-12-30-51(46)57)36-43(35-40)58-52-31-13-9-25-47(52)48-26-10-14-32-53(48)58/h1-36H. The van der Waals surface area contributed by atoms with E-state index in [4.69, 9.17) is 4.98 Å². The van der Waals surface area contributed by atoms with E-state index in [1.807, 2.05) is 0 Å². The van der Waals surface area contributed by atoms with Gasteiger partial charge in [0.1, 0.15) is 5.82 Å². The number of nitrogens with zero attached hydrogens (tertiary/aromatic N) is 4. The first-order chi connectivity index (χ1) is 29.3. The van der Waals surface area contributed by atoms with Crippen molar-refractivity contribution in [1.29, 1.82) is 0 Å². The Bertz CT molecular complexity index is 3310. The van der Waals surface area contributed by atoms with Gasteiger partial charge < -0.3 is 9.13 Å². The lowest BCUT2D eigenvalue weighted by molar-refractivity contribution is 1.10. The molecular weight excluding hydrogens is 717 g/mol. The van der Waals surface area contributed by atoms with Gasteiger partial charge in [-0.2, -0.15) is 0 Å². The summed E-state index contributed by atoms with van der Waals surface area (Å²) in [6.07, 6.45) is 0. The molecular formula is C55H36N4. The molecule has 0 atom stereocenters. The van der Waals surface area contributed by atoms with Crippen LogP contribution in [-0.4, -0.2) is 18.7 Å². The number of rotatable bonds is 6. The summed E-state index contributed by atoms with van der Waals surface area (Å²) in [6.45, 7) is 0. The van der Waals surface area contributed by atoms with Crippen molar-refractivity contribution in [2.75, 3.05) is 0 Å². The van der Waals surface area contributed by atoms with Crippen molar-refractivity contribution >= 4 is 54.6 Å². The van der Waals surface area contributed by atoms with Crippen LogP contribution in [0.15, 0.2) is 218 Å². The first-order valence-electron chi connectivity index (χ1n) is 20.1. The maximum atomic E-state index is 5.39. The molecule has 4 nitrogen and oxygen atoms in total. The number of benzene rings is 9. The predicted molar refractivity (Wildman–Crippen MR) is 246 cm³/mol. The van der Waals surface area contributed by atoms with E-state index < -0.39 is 0 Å². The third-order valence-electron chi connectivity index (χ3n) is 11.8. The zero-order valence-corrected chi connectivity index (χ0v) is 32.1. The number of imidazole rings is 1. The topological polar surface area (TPSA) is 27.7 Å². The highest BCUT2D eigenvalue weighted by Gasteiger charge is 2.20. The zero-order valence-electron chi connectivity index (χ0n) is 32.1. The molecule has 0 radical (unpaired) electrons. The van der Waals surface area contributed by atoms with Gasteiger partial charge in [-0.25, -0.2) is 4.98 Å². The van der Waals surface area contributed by atoms with Gasteiger partial charge in [-0.3, -0.25) is 4.57 Å². The Labute approximate surface area is 341 Å². The lowest BCUT2D eigenvalue weighted by atomic mass is 10.0. The summed E-state index contributed by atoms with van der Waals surface area (Å²) in [5.74, 6) is 0.901. The van der Waals surface area contributed by atoms with E-state index in [1.165, 1.54) is 43.6 Å². The van der Waals surface area contributed by atoms with E-state index in [-0.39, 0.29) is 0 Å². The molecule has 0 aliphatic heterocycles. The molecule has 276 valence electrons. The van der Waals surface area contributed by atoms with Gasteiger partial charge in [0, 0.05) is 49.7 Å². The van der Waals surface area contributed by atoms with E-state index in [2.05, 4.69) is 232 Å². The Morgan fingerprint density at radius 2 is 0.746 bits per heavy atom.